The van der Waals surface area contributed by atoms with Gasteiger partial charge in [-0.15, -0.1) is 0 Å². The maximum absolute atomic E-state index is 12.6. The van der Waals surface area contributed by atoms with E-state index in [2.05, 4.69) is 0 Å². The van der Waals surface area contributed by atoms with Crippen molar-refractivity contribution in [3.8, 4) is 0 Å². The van der Waals surface area contributed by atoms with Gasteiger partial charge in [-0.1, -0.05) is 48.9 Å². The van der Waals surface area contributed by atoms with Gasteiger partial charge in [0, 0.05) is 13.6 Å². The average molecular weight is 375 g/mol. The number of likely N-dealkylation sites (N-methyl/N-ethyl adjacent to an activating group) is 1. The van der Waals surface area contributed by atoms with E-state index in [-0.39, 0.29) is 12.5 Å². The van der Waals surface area contributed by atoms with E-state index in [9.17, 15) is 13.2 Å². The predicted octanol–water partition coefficient (Wildman–Crippen LogP) is 2.98. The van der Waals surface area contributed by atoms with Gasteiger partial charge in [0.05, 0.1) is 11.9 Å². The minimum absolute atomic E-state index is 0.216. The first kappa shape index (κ1) is 20.0. The van der Waals surface area contributed by atoms with Crippen LogP contribution in [0.3, 0.4) is 0 Å². The summed E-state index contributed by atoms with van der Waals surface area (Å²) in [6, 6.07) is 15.2. The van der Waals surface area contributed by atoms with E-state index in [0.29, 0.717) is 12.2 Å². The Morgan fingerprint density at radius 2 is 1.50 bits per heavy atom. The first-order valence-electron chi connectivity index (χ1n) is 8.57. The van der Waals surface area contributed by atoms with E-state index in [1.807, 2.05) is 50.2 Å². The molecule has 0 unspecified atom stereocenters. The Kier molecular flexibility index (Phi) is 6.42. The molecule has 0 aromatic heterocycles. The number of sulfonamides is 1. The van der Waals surface area contributed by atoms with Gasteiger partial charge in [-0.2, -0.15) is 0 Å². The summed E-state index contributed by atoms with van der Waals surface area (Å²) in [7, 11) is -1.88. The van der Waals surface area contributed by atoms with Gasteiger partial charge in [-0.25, -0.2) is 8.42 Å². The van der Waals surface area contributed by atoms with E-state index in [0.717, 1.165) is 33.7 Å². The first-order chi connectivity index (χ1) is 12.2. The fourth-order valence-corrected chi connectivity index (χ4v) is 3.45. The van der Waals surface area contributed by atoms with E-state index < -0.39 is 10.0 Å². The number of aryl methyl sites for hydroxylation is 2. The predicted molar refractivity (Wildman–Crippen MR) is 106 cm³/mol. The molecular formula is C20H26N2O3S. The van der Waals surface area contributed by atoms with Gasteiger partial charge in [0.2, 0.25) is 15.9 Å². The lowest BCUT2D eigenvalue weighted by Gasteiger charge is -2.25. The number of nitrogens with zero attached hydrogens (tertiary/aromatic N) is 2. The maximum Gasteiger partial charge on any atom is 0.243 e. The largest absolute Gasteiger partial charge is 0.340 e. The molecule has 0 saturated heterocycles. The molecule has 0 bridgehead atoms. The third-order valence-electron chi connectivity index (χ3n) is 4.28. The van der Waals surface area contributed by atoms with Crippen molar-refractivity contribution in [2.45, 2.75) is 26.8 Å². The van der Waals surface area contributed by atoms with Crippen LogP contribution in [0.2, 0.25) is 0 Å². The number of rotatable bonds is 7. The standard InChI is InChI=1S/C20H26N2O3S/c1-5-17-10-12-19(13-11-17)22(26(4,24)25)15-20(23)21(3)14-18-8-6-16(2)7-9-18/h6-13H,5,14-15H2,1-4H3. The van der Waals surface area contributed by atoms with Crippen LogP contribution in [0.4, 0.5) is 5.69 Å². The highest BCUT2D eigenvalue weighted by Crippen LogP contribution is 2.19. The van der Waals surface area contributed by atoms with Crippen LogP contribution in [0.15, 0.2) is 48.5 Å². The van der Waals surface area contributed by atoms with Crippen LogP contribution in [0.25, 0.3) is 0 Å². The van der Waals surface area contributed by atoms with Gasteiger partial charge in [-0.3, -0.25) is 9.10 Å². The van der Waals surface area contributed by atoms with Gasteiger partial charge >= 0.3 is 0 Å². The van der Waals surface area contributed by atoms with E-state index in [1.165, 1.54) is 0 Å². The summed E-state index contributed by atoms with van der Waals surface area (Å²) >= 11 is 0. The molecule has 1 amide bonds. The summed E-state index contributed by atoms with van der Waals surface area (Å²) in [5.41, 5.74) is 3.78. The molecule has 0 N–H and O–H groups in total. The van der Waals surface area contributed by atoms with E-state index in [4.69, 9.17) is 0 Å². The summed E-state index contributed by atoms with van der Waals surface area (Å²) in [6.07, 6.45) is 1.99. The maximum atomic E-state index is 12.6. The zero-order chi connectivity index (χ0) is 19.3. The van der Waals surface area contributed by atoms with Crippen molar-refractivity contribution in [1.82, 2.24) is 4.90 Å². The lowest BCUT2D eigenvalue weighted by Crippen LogP contribution is -2.41. The Morgan fingerprint density at radius 3 is 2.00 bits per heavy atom. The zero-order valence-corrected chi connectivity index (χ0v) is 16.6. The first-order valence-corrected chi connectivity index (χ1v) is 10.4. The van der Waals surface area contributed by atoms with Crippen LogP contribution in [-0.4, -0.2) is 39.1 Å². The van der Waals surface area contributed by atoms with E-state index in [1.54, 1.807) is 24.1 Å². The molecule has 26 heavy (non-hydrogen) atoms. The fraction of sp³-hybridized carbons (Fsp3) is 0.350. The normalized spacial score (nSPS) is 11.2. The third-order valence-corrected chi connectivity index (χ3v) is 5.42. The summed E-state index contributed by atoms with van der Waals surface area (Å²) in [5, 5.41) is 0. The molecule has 6 heteroatoms. The topological polar surface area (TPSA) is 57.7 Å². The molecule has 0 aliphatic heterocycles. The molecule has 0 fully saturated rings. The molecule has 140 valence electrons. The molecular weight excluding hydrogens is 348 g/mol. The third kappa shape index (κ3) is 5.33. The summed E-state index contributed by atoms with van der Waals surface area (Å²) < 4.78 is 25.5. The van der Waals surface area contributed by atoms with Crippen molar-refractivity contribution in [3.63, 3.8) is 0 Å². The molecule has 0 heterocycles. The van der Waals surface area contributed by atoms with Crippen LogP contribution in [0.1, 0.15) is 23.6 Å². The highest BCUT2D eigenvalue weighted by atomic mass is 32.2. The fourth-order valence-electron chi connectivity index (χ4n) is 2.60. The van der Waals surface area contributed by atoms with E-state index >= 15 is 0 Å². The Morgan fingerprint density at radius 1 is 0.962 bits per heavy atom. The number of anilines is 1. The Bertz CT molecular complexity index is 844. The minimum Gasteiger partial charge on any atom is -0.340 e. The van der Waals surface area contributed by atoms with Gasteiger partial charge in [-0.05, 0) is 36.6 Å². The molecule has 0 aliphatic carbocycles. The second-order valence-corrected chi connectivity index (χ2v) is 8.43. The molecule has 0 radical (unpaired) electrons. The number of amides is 1. The SMILES string of the molecule is CCc1ccc(N(CC(=O)N(C)Cc2ccc(C)cc2)S(C)(=O)=O)cc1. The van der Waals surface area contributed by atoms with Crippen molar-refractivity contribution in [1.29, 1.82) is 0 Å². The molecule has 2 aromatic carbocycles. The molecule has 0 spiro atoms. The second kappa shape index (κ2) is 8.36. The lowest BCUT2D eigenvalue weighted by molar-refractivity contribution is -0.128. The van der Waals surface area contributed by atoms with Crippen LogP contribution in [0.5, 0.6) is 0 Å². The van der Waals surface area contributed by atoms with Crippen molar-refractivity contribution < 1.29 is 13.2 Å². The molecule has 5 nitrogen and oxygen atoms in total. The van der Waals surface area contributed by atoms with Gasteiger partial charge in [0.25, 0.3) is 0 Å². The lowest BCUT2D eigenvalue weighted by atomic mass is 10.1. The Hall–Kier alpha value is -2.34. The molecule has 0 saturated carbocycles. The number of hydrogen-bond acceptors (Lipinski definition) is 3. The summed E-state index contributed by atoms with van der Waals surface area (Å²) in [4.78, 5) is 14.1. The monoisotopic (exact) mass is 374 g/mol. The molecule has 0 atom stereocenters. The van der Waals surface area contributed by atoms with Gasteiger partial charge in [0.15, 0.2) is 0 Å². The van der Waals surface area contributed by atoms with Crippen LogP contribution < -0.4 is 4.31 Å². The van der Waals surface area contributed by atoms with Crippen molar-refractivity contribution in [3.05, 3.63) is 65.2 Å². The van der Waals surface area contributed by atoms with Crippen LogP contribution >= 0.6 is 0 Å². The average Bonchev–Trinajstić information content (AvgIpc) is 2.60. The van der Waals surface area contributed by atoms with Gasteiger partial charge in [0.1, 0.15) is 6.54 Å². The van der Waals surface area contributed by atoms with Crippen molar-refractivity contribution >= 4 is 21.6 Å². The number of carbonyl (C=O) groups excluding carboxylic acids is 1. The van der Waals surface area contributed by atoms with Crippen molar-refractivity contribution in [2.24, 2.45) is 0 Å². The number of benzene rings is 2. The zero-order valence-electron chi connectivity index (χ0n) is 15.8. The summed E-state index contributed by atoms with van der Waals surface area (Å²) in [6.45, 7) is 4.26. The molecule has 2 rings (SSSR count). The smallest absolute Gasteiger partial charge is 0.243 e. The van der Waals surface area contributed by atoms with Crippen molar-refractivity contribution in [2.75, 3.05) is 24.2 Å². The van der Waals surface area contributed by atoms with Gasteiger partial charge < -0.3 is 4.90 Å². The minimum atomic E-state index is -3.56. The molecule has 2 aromatic rings. The highest BCUT2D eigenvalue weighted by Gasteiger charge is 2.22. The quantitative estimate of drug-likeness (QED) is 0.749. The Labute approximate surface area is 156 Å². The van der Waals surface area contributed by atoms with Crippen LogP contribution in [0, 0.1) is 6.92 Å². The Balaban J connectivity index is 2.14. The molecule has 0 aliphatic rings. The van der Waals surface area contributed by atoms with Crippen LogP contribution in [-0.2, 0) is 27.8 Å². The number of carbonyl (C=O) groups is 1. The summed E-state index contributed by atoms with van der Waals surface area (Å²) in [5.74, 6) is -0.254. The highest BCUT2D eigenvalue weighted by molar-refractivity contribution is 7.92. The second-order valence-electron chi connectivity index (χ2n) is 6.53. The number of hydrogen-bond donors (Lipinski definition) is 0.